The smallest absolute Gasteiger partial charge is 0.316 e. The van der Waals surface area contributed by atoms with Gasteiger partial charge in [-0.15, -0.1) is 12.4 Å². The van der Waals surface area contributed by atoms with E-state index in [0.717, 1.165) is 31.6 Å². The van der Waals surface area contributed by atoms with E-state index in [2.05, 4.69) is 5.32 Å². The second-order valence-electron chi connectivity index (χ2n) is 5.97. The van der Waals surface area contributed by atoms with Crippen molar-refractivity contribution in [2.75, 3.05) is 26.2 Å². The number of fused-ring (bicyclic) bond motifs is 1. The van der Waals surface area contributed by atoms with Crippen molar-refractivity contribution in [3.8, 4) is 0 Å². The van der Waals surface area contributed by atoms with Crippen LogP contribution in [-0.4, -0.2) is 38.9 Å². The Morgan fingerprint density at radius 3 is 2.54 bits per heavy atom. The van der Waals surface area contributed by atoms with Crippen LogP contribution in [0.25, 0.3) is 0 Å². The lowest BCUT2D eigenvalue weighted by molar-refractivity contribution is -0.137. The molecule has 1 aromatic carbocycles. The molecule has 2 saturated heterocycles. The number of alkyl halides is 3. The minimum absolute atomic E-state index is 0. The van der Waals surface area contributed by atoms with Crippen LogP contribution >= 0.6 is 24.0 Å². The minimum Gasteiger partial charge on any atom is -0.316 e. The average molecular weight is 405 g/mol. The van der Waals surface area contributed by atoms with Gasteiger partial charge in [-0.25, -0.2) is 8.42 Å². The van der Waals surface area contributed by atoms with Crippen molar-refractivity contribution in [2.24, 2.45) is 11.8 Å². The summed E-state index contributed by atoms with van der Waals surface area (Å²) in [5, 5.41) is 2.72. The maximum absolute atomic E-state index is 12.9. The first-order chi connectivity index (χ1) is 10.7. The predicted molar refractivity (Wildman–Crippen MR) is 86.9 cm³/mol. The molecule has 136 valence electrons. The van der Waals surface area contributed by atoms with Gasteiger partial charge in [0.25, 0.3) is 0 Å². The summed E-state index contributed by atoms with van der Waals surface area (Å²) in [6, 6.07) is 2.74. The summed E-state index contributed by atoms with van der Waals surface area (Å²) < 4.78 is 65.4. The highest BCUT2D eigenvalue weighted by Gasteiger charge is 2.39. The Balaban J connectivity index is 0.00000208. The van der Waals surface area contributed by atoms with Crippen molar-refractivity contribution in [3.05, 3.63) is 28.8 Å². The molecule has 0 amide bonds. The number of sulfonamides is 1. The Morgan fingerprint density at radius 1 is 1.21 bits per heavy atom. The van der Waals surface area contributed by atoms with Crippen LogP contribution in [0.4, 0.5) is 13.2 Å². The fourth-order valence-electron chi connectivity index (χ4n) is 3.25. The molecule has 2 fully saturated rings. The fourth-order valence-corrected chi connectivity index (χ4v) is 5.01. The van der Waals surface area contributed by atoms with E-state index in [-0.39, 0.29) is 23.2 Å². The Labute approximate surface area is 149 Å². The van der Waals surface area contributed by atoms with Gasteiger partial charge in [0.1, 0.15) is 0 Å². The molecule has 4 nitrogen and oxygen atoms in total. The van der Waals surface area contributed by atoms with Gasteiger partial charge < -0.3 is 5.32 Å². The summed E-state index contributed by atoms with van der Waals surface area (Å²) in [7, 11) is -3.95. The van der Waals surface area contributed by atoms with Crippen LogP contribution < -0.4 is 5.32 Å². The minimum atomic E-state index is -4.69. The highest BCUT2D eigenvalue weighted by molar-refractivity contribution is 7.89. The molecule has 0 saturated carbocycles. The molecular weight excluding hydrogens is 388 g/mol. The number of benzene rings is 1. The van der Waals surface area contributed by atoms with Crippen molar-refractivity contribution < 1.29 is 21.6 Å². The SMILES string of the molecule is Cl.O=S(=O)(c1ccc(Cl)c(C(F)(F)F)c1)N1CCC2CNCC2C1. The van der Waals surface area contributed by atoms with E-state index in [9.17, 15) is 21.6 Å². The van der Waals surface area contributed by atoms with Gasteiger partial charge in [0, 0.05) is 13.1 Å². The standard InChI is InChI=1S/C14H16ClF3N2O2S.ClH/c15-13-2-1-11(5-12(13)14(16,17)18)23(21,22)20-4-3-9-6-19-7-10(9)8-20;/h1-2,5,9-10,19H,3-4,6-8H2;1H. The van der Waals surface area contributed by atoms with Crippen LogP contribution in [0.2, 0.25) is 5.02 Å². The summed E-state index contributed by atoms with van der Waals surface area (Å²) in [5.74, 6) is 0.658. The fraction of sp³-hybridized carbons (Fsp3) is 0.571. The summed E-state index contributed by atoms with van der Waals surface area (Å²) in [4.78, 5) is -0.362. The van der Waals surface area contributed by atoms with Gasteiger partial charge >= 0.3 is 6.18 Å². The van der Waals surface area contributed by atoms with Crippen molar-refractivity contribution in [1.82, 2.24) is 9.62 Å². The Hall–Kier alpha value is -0.540. The first-order valence-corrected chi connectivity index (χ1v) is 9.09. The third kappa shape index (κ3) is 3.67. The number of nitrogens with zero attached hydrogens (tertiary/aromatic N) is 1. The van der Waals surface area contributed by atoms with E-state index in [1.807, 2.05) is 0 Å². The number of rotatable bonds is 2. The van der Waals surface area contributed by atoms with Crippen molar-refractivity contribution in [1.29, 1.82) is 0 Å². The maximum atomic E-state index is 12.9. The molecule has 2 atom stereocenters. The number of hydrogen-bond acceptors (Lipinski definition) is 3. The molecule has 3 rings (SSSR count). The lowest BCUT2D eigenvalue weighted by Crippen LogP contribution is -2.43. The van der Waals surface area contributed by atoms with Gasteiger partial charge in [0.2, 0.25) is 10.0 Å². The first-order valence-electron chi connectivity index (χ1n) is 7.27. The van der Waals surface area contributed by atoms with E-state index >= 15 is 0 Å². The van der Waals surface area contributed by atoms with Crippen molar-refractivity contribution in [3.63, 3.8) is 0 Å². The van der Waals surface area contributed by atoms with E-state index in [0.29, 0.717) is 25.1 Å². The van der Waals surface area contributed by atoms with E-state index in [1.54, 1.807) is 0 Å². The van der Waals surface area contributed by atoms with Crippen LogP contribution in [0.3, 0.4) is 0 Å². The molecule has 0 aliphatic carbocycles. The number of halogens is 5. The van der Waals surface area contributed by atoms with Gasteiger partial charge in [-0.2, -0.15) is 17.5 Å². The lowest BCUT2D eigenvalue weighted by atomic mass is 9.90. The van der Waals surface area contributed by atoms with Crippen LogP contribution in [0.15, 0.2) is 23.1 Å². The Morgan fingerprint density at radius 2 is 1.88 bits per heavy atom. The van der Waals surface area contributed by atoms with Crippen molar-refractivity contribution in [2.45, 2.75) is 17.5 Å². The first kappa shape index (κ1) is 19.8. The number of nitrogens with one attached hydrogen (secondary N) is 1. The summed E-state index contributed by atoms with van der Waals surface area (Å²) in [6.45, 7) is 2.28. The molecule has 0 aromatic heterocycles. The van der Waals surface area contributed by atoms with E-state index in [1.165, 1.54) is 4.31 Å². The molecule has 2 unspecified atom stereocenters. The second kappa shape index (κ2) is 6.99. The van der Waals surface area contributed by atoms with Crippen molar-refractivity contribution >= 4 is 34.0 Å². The molecule has 1 aromatic rings. The zero-order chi connectivity index (χ0) is 16.8. The largest absolute Gasteiger partial charge is 0.417 e. The highest BCUT2D eigenvalue weighted by atomic mass is 35.5. The molecular formula is C14H17Cl2F3N2O2S. The quantitative estimate of drug-likeness (QED) is 0.823. The molecule has 2 heterocycles. The van der Waals surface area contributed by atoms with Gasteiger partial charge in [0.15, 0.2) is 0 Å². The van der Waals surface area contributed by atoms with Gasteiger partial charge in [-0.3, -0.25) is 0 Å². The third-order valence-corrected chi connectivity index (χ3v) is 6.74. The van der Waals surface area contributed by atoms with Crippen LogP contribution in [-0.2, 0) is 16.2 Å². The summed E-state index contributed by atoms with van der Waals surface area (Å²) >= 11 is 5.55. The van der Waals surface area contributed by atoms with Gasteiger partial charge in [0.05, 0.1) is 15.5 Å². The number of hydrogen-bond donors (Lipinski definition) is 1. The van der Waals surface area contributed by atoms with Crippen LogP contribution in [0.1, 0.15) is 12.0 Å². The third-order valence-electron chi connectivity index (χ3n) is 4.55. The number of piperidine rings is 1. The topological polar surface area (TPSA) is 49.4 Å². The molecule has 1 N–H and O–H groups in total. The van der Waals surface area contributed by atoms with Crippen LogP contribution in [0.5, 0.6) is 0 Å². The van der Waals surface area contributed by atoms with E-state index < -0.39 is 26.8 Å². The average Bonchev–Trinajstić information content (AvgIpc) is 2.93. The molecule has 2 aliphatic heterocycles. The molecule has 0 spiro atoms. The molecule has 2 aliphatic rings. The zero-order valence-corrected chi connectivity index (χ0v) is 14.9. The Kier molecular flexibility index (Phi) is 5.76. The molecule has 0 bridgehead atoms. The highest BCUT2D eigenvalue weighted by Crippen LogP contribution is 2.37. The second-order valence-corrected chi connectivity index (χ2v) is 8.31. The lowest BCUT2D eigenvalue weighted by Gasteiger charge is -2.33. The monoisotopic (exact) mass is 404 g/mol. The summed E-state index contributed by atoms with van der Waals surface area (Å²) in [5.41, 5.74) is -1.13. The van der Waals surface area contributed by atoms with Gasteiger partial charge in [-0.1, -0.05) is 11.6 Å². The van der Waals surface area contributed by atoms with Crippen LogP contribution in [0, 0.1) is 11.8 Å². The molecule has 24 heavy (non-hydrogen) atoms. The molecule has 10 heteroatoms. The van der Waals surface area contributed by atoms with Gasteiger partial charge in [-0.05, 0) is 49.5 Å². The molecule has 0 radical (unpaired) electrons. The Bertz CT molecular complexity index is 712. The normalized spacial score (nSPS) is 25.2. The predicted octanol–water partition coefficient (Wildman–Crippen LogP) is 3.01. The maximum Gasteiger partial charge on any atom is 0.417 e. The zero-order valence-electron chi connectivity index (χ0n) is 12.5. The summed E-state index contributed by atoms with van der Waals surface area (Å²) in [6.07, 6.45) is -3.97. The van der Waals surface area contributed by atoms with E-state index in [4.69, 9.17) is 11.6 Å².